The molecule has 2 N–H and O–H groups in total. The SMILES string of the molecule is Cc1csc(C(C)NC2CCC(O)CC2)n1. The van der Waals surface area contributed by atoms with Gasteiger partial charge in [-0.15, -0.1) is 11.3 Å². The van der Waals surface area contributed by atoms with Gasteiger partial charge >= 0.3 is 0 Å². The molecule has 0 aliphatic heterocycles. The van der Waals surface area contributed by atoms with Crippen molar-refractivity contribution in [3.63, 3.8) is 0 Å². The van der Waals surface area contributed by atoms with Crippen molar-refractivity contribution in [2.75, 3.05) is 0 Å². The molecule has 0 radical (unpaired) electrons. The first-order chi connectivity index (χ1) is 7.65. The fourth-order valence-electron chi connectivity index (χ4n) is 2.24. The normalized spacial score (nSPS) is 27.9. The maximum absolute atomic E-state index is 9.44. The lowest BCUT2D eigenvalue weighted by Crippen LogP contribution is -2.36. The van der Waals surface area contributed by atoms with Crippen LogP contribution < -0.4 is 5.32 Å². The highest BCUT2D eigenvalue weighted by atomic mass is 32.1. The summed E-state index contributed by atoms with van der Waals surface area (Å²) in [6.45, 7) is 4.20. The Morgan fingerprint density at radius 3 is 2.69 bits per heavy atom. The predicted octanol–water partition coefficient (Wildman–Crippen LogP) is 2.41. The summed E-state index contributed by atoms with van der Waals surface area (Å²) in [4.78, 5) is 4.50. The van der Waals surface area contributed by atoms with Crippen molar-refractivity contribution in [1.29, 1.82) is 0 Å². The highest BCUT2D eigenvalue weighted by molar-refractivity contribution is 7.09. The Morgan fingerprint density at radius 1 is 1.44 bits per heavy atom. The van der Waals surface area contributed by atoms with E-state index >= 15 is 0 Å². The molecule has 1 aliphatic carbocycles. The number of hydrogen-bond donors (Lipinski definition) is 2. The van der Waals surface area contributed by atoms with Crippen molar-refractivity contribution in [1.82, 2.24) is 10.3 Å². The van der Waals surface area contributed by atoms with Crippen molar-refractivity contribution >= 4 is 11.3 Å². The van der Waals surface area contributed by atoms with Gasteiger partial charge in [-0.2, -0.15) is 0 Å². The van der Waals surface area contributed by atoms with E-state index in [9.17, 15) is 5.11 Å². The van der Waals surface area contributed by atoms with E-state index in [2.05, 4.69) is 22.6 Å². The average Bonchev–Trinajstić information content (AvgIpc) is 2.68. The quantitative estimate of drug-likeness (QED) is 0.853. The van der Waals surface area contributed by atoms with Crippen molar-refractivity contribution in [3.8, 4) is 0 Å². The highest BCUT2D eigenvalue weighted by Gasteiger charge is 2.21. The Kier molecular flexibility index (Phi) is 3.95. The summed E-state index contributed by atoms with van der Waals surface area (Å²) in [6, 6.07) is 0.876. The van der Waals surface area contributed by atoms with E-state index in [1.807, 2.05) is 6.92 Å². The maximum atomic E-state index is 9.44. The molecule has 0 amide bonds. The van der Waals surface area contributed by atoms with Crippen molar-refractivity contribution in [3.05, 3.63) is 16.1 Å². The molecule has 1 saturated carbocycles. The summed E-state index contributed by atoms with van der Waals surface area (Å²) in [5.74, 6) is 0. The van der Waals surface area contributed by atoms with Crippen LogP contribution in [0.4, 0.5) is 0 Å². The van der Waals surface area contributed by atoms with Crippen LogP contribution in [-0.2, 0) is 0 Å². The van der Waals surface area contributed by atoms with Crippen LogP contribution in [0.25, 0.3) is 0 Å². The van der Waals surface area contributed by atoms with Gasteiger partial charge in [0.2, 0.25) is 0 Å². The van der Waals surface area contributed by atoms with Crippen LogP contribution >= 0.6 is 11.3 Å². The van der Waals surface area contributed by atoms with Crippen LogP contribution in [0.15, 0.2) is 5.38 Å². The number of aliphatic hydroxyl groups is 1. The van der Waals surface area contributed by atoms with Crippen LogP contribution in [0.5, 0.6) is 0 Å². The molecule has 1 fully saturated rings. The summed E-state index contributed by atoms with van der Waals surface area (Å²) in [5.41, 5.74) is 1.10. The average molecular weight is 240 g/mol. The van der Waals surface area contributed by atoms with Crippen LogP contribution in [0.2, 0.25) is 0 Å². The Labute approximate surface area is 101 Å². The van der Waals surface area contributed by atoms with Gasteiger partial charge in [0.1, 0.15) is 5.01 Å². The number of aryl methyl sites for hydroxylation is 1. The maximum Gasteiger partial charge on any atom is 0.110 e. The van der Waals surface area contributed by atoms with Gasteiger partial charge in [-0.25, -0.2) is 4.98 Å². The number of aliphatic hydroxyl groups excluding tert-OH is 1. The van der Waals surface area contributed by atoms with Crippen molar-refractivity contribution < 1.29 is 5.11 Å². The standard InChI is InChI=1S/C12H20N2OS/c1-8-7-16-12(13-8)9(2)14-10-3-5-11(15)6-4-10/h7,9-11,14-15H,3-6H2,1-2H3. The Hall–Kier alpha value is -0.450. The molecule has 2 rings (SSSR count). The van der Waals surface area contributed by atoms with Gasteiger partial charge in [0.15, 0.2) is 0 Å². The van der Waals surface area contributed by atoms with E-state index in [-0.39, 0.29) is 6.10 Å². The number of hydrogen-bond acceptors (Lipinski definition) is 4. The zero-order valence-corrected chi connectivity index (χ0v) is 10.8. The molecule has 1 heterocycles. The van der Waals surface area contributed by atoms with E-state index < -0.39 is 0 Å². The third-order valence-electron chi connectivity index (χ3n) is 3.19. The molecule has 90 valence electrons. The lowest BCUT2D eigenvalue weighted by Gasteiger charge is -2.28. The number of thiazole rings is 1. The van der Waals surface area contributed by atoms with Gasteiger partial charge < -0.3 is 10.4 Å². The lowest BCUT2D eigenvalue weighted by atomic mass is 9.93. The third-order valence-corrected chi connectivity index (χ3v) is 4.33. The smallest absolute Gasteiger partial charge is 0.110 e. The minimum atomic E-state index is -0.0736. The molecule has 3 nitrogen and oxygen atoms in total. The van der Waals surface area contributed by atoms with Gasteiger partial charge in [0.05, 0.1) is 12.1 Å². The first-order valence-corrected chi connectivity index (χ1v) is 6.89. The minimum absolute atomic E-state index is 0.0736. The van der Waals surface area contributed by atoms with Crippen LogP contribution in [0, 0.1) is 6.92 Å². The van der Waals surface area contributed by atoms with Gasteiger partial charge in [-0.05, 0) is 39.5 Å². The molecule has 1 atom stereocenters. The topological polar surface area (TPSA) is 45.1 Å². The Bertz CT molecular complexity index is 332. The zero-order valence-electron chi connectivity index (χ0n) is 9.94. The first kappa shape index (κ1) is 12.0. The second kappa shape index (κ2) is 5.25. The predicted molar refractivity (Wildman–Crippen MR) is 66.7 cm³/mol. The second-order valence-electron chi connectivity index (χ2n) is 4.72. The van der Waals surface area contributed by atoms with Gasteiger partial charge in [-0.1, -0.05) is 0 Å². The molecule has 1 aromatic rings. The van der Waals surface area contributed by atoms with E-state index in [0.29, 0.717) is 12.1 Å². The van der Waals surface area contributed by atoms with Gasteiger partial charge in [0.25, 0.3) is 0 Å². The summed E-state index contributed by atoms with van der Waals surface area (Å²) in [7, 11) is 0. The Balaban J connectivity index is 1.85. The summed E-state index contributed by atoms with van der Waals surface area (Å²) < 4.78 is 0. The summed E-state index contributed by atoms with van der Waals surface area (Å²) in [5, 5.41) is 16.3. The van der Waals surface area contributed by atoms with E-state index in [0.717, 1.165) is 31.4 Å². The number of nitrogens with one attached hydrogen (secondary N) is 1. The fraction of sp³-hybridized carbons (Fsp3) is 0.750. The molecule has 0 saturated heterocycles. The molecule has 1 aliphatic rings. The van der Waals surface area contributed by atoms with Crippen LogP contribution in [0.3, 0.4) is 0 Å². The summed E-state index contributed by atoms with van der Waals surface area (Å²) in [6.07, 6.45) is 3.95. The fourth-order valence-corrected chi connectivity index (χ4v) is 3.05. The molecule has 16 heavy (non-hydrogen) atoms. The first-order valence-electron chi connectivity index (χ1n) is 6.01. The van der Waals surface area contributed by atoms with E-state index in [4.69, 9.17) is 0 Å². The molecule has 0 bridgehead atoms. The molecule has 4 heteroatoms. The van der Waals surface area contributed by atoms with Gasteiger partial charge in [-0.3, -0.25) is 0 Å². The molecule has 1 aromatic heterocycles. The minimum Gasteiger partial charge on any atom is -0.393 e. The van der Waals surface area contributed by atoms with E-state index in [1.165, 1.54) is 5.01 Å². The van der Waals surface area contributed by atoms with Crippen LogP contribution in [0.1, 0.15) is 49.4 Å². The van der Waals surface area contributed by atoms with Gasteiger partial charge in [0, 0.05) is 17.1 Å². The van der Waals surface area contributed by atoms with Crippen molar-refractivity contribution in [2.24, 2.45) is 0 Å². The van der Waals surface area contributed by atoms with E-state index in [1.54, 1.807) is 11.3 Å². The number of nitrogens with zero attached hydrogens (tertiary/aromatic N) is 1. The number of rotatable bonds is 3. The number of aromatic nitrogens is 1. The Morgan fingerprint density at radius 2 is 2.12 bits per heavy atom. The lowest BCUT2D eigenvalue weighted by molar-refractivity contribution is 0.114. The summed E-state index contributed by atoms with van der Waals surface area (Å²) >= 11 is 1.72. The molecule has 1 unspecified atom stereocenters. The molecular weight excluding hydrogens is 220 g/mol. The molecular formula is C12H20N2OS. The third kappa shape index (κ3) is 3.03. The second-order valence-corrected chi connectivity index (χ2v) is 5.61. The largest absolute Gasteiger partial charge is 0.393 e. The van der Waals surface area contributed by atoms with Crippen LogP contribution in [-0.4, -0.2) is 22.2 Å². The monoisotopic (exact) mass is 240 g/mol. The molecule has 0 spiro atoms. The molecule has 0 aromatic carbocycles. The van der Waals surface area contributed by atoms with Crippen molar-refractivity contribution in [2.45, 2.75) is 57.7 Å². The zero-order chi connectivity index (χ0) is 11.5. The highest BCUT2D eigenvalue weighted by Crippen LogP contribution is 2.23.